The number of ether oxygens (including phenoxy) is 1. The van der Waals surface area contributed by atoms with E-state index in [2.05, 4.69) is 16.8 Å². The average Bonchev–Trinajstić information content (AvgIpc) is 3.15. The zero-order valence-corrected chi connectivity index (χ0v) is 15.2. The topological polar surface area (TPSA) is 44.8 Å². The zero-order chi connectivity index (χ0) is 17.6. The van der Waals surface area contributed by atoms with Crippen LogP contribution < -0.4 is 10.1 Å². The van der Waals surface area contributed by atoms with Gasteiger partial charge in [0, 0.05) is 30.9 Å². The van der Waals surface area contributed by atoms with E-state index in [0.29, 0.717) is 12.6 Å². The lowest BCUT2D eigenvalue weighted by Gasteiger charge is -2.36. The second kappa shape index (κ2) is 8.39. The predicted molar refractivity (Wildman–Crippen MR) is 101 cm³/mol. The van der Waals surface area contributed by atoms with Gasteiger partial charge in [-0.1, -0.05) is 12.6 Å². The molecular formula is C20H29N3O2. The predicted octanol–water partition coefficient (Wildman–Crippen LogP) is 3.73. The summed E-state index contributed by atoms with van der Waals surface area (Å²) < 4.78 is 5.64. The normalized spacial score (nSPS) is 19.0. The molecule has 1 aromatic carbocycles. The SMILES string of the molecule is C=C(C)COc1cccc(NC(=O)N2CCC(N3CCCC3)CC2)c1. The van der Waals surface area contributed by atoms with Crippen LogP contribution in [-0.2, 0) is 0 Å². The van der Waals surface area contributed by atoms with Gasteiger partial charge in [-0.2, -0.15) is 0 Å². The largest absolute Gasteiger partial charge is 0.489 e. The van der Waals surface area contributed by atoms with Crippen LogP contribution in [0.1, 0.15) is 32.6 Å². The Bertz CT molecular complexity index is 603. The van der Waals surface area contributed by atoms with Crippen molar-refractivity contribution in [2.75, 3.05) is 38.1 Å². The van der Waals surface area contributed by atoms with Crippen LogP contribution in [0.2, 0.25) is 0 Å². The number of anilines is 1. The summed E-state index contributed by atoms with van der Waals surface area (Å²) in [6.07, 6.45) is 4.80. The Morgan fingerprint density at radius 2 is 1.96 bits per heavy atom. The Hall–Kier alpha value is -2.01. The first-order valence-electron chi connectivity index (χ1n) is 9.29. The van der Waals surface area contributed by atoms with Gasteiger partial charge in [-0.15, -0.1) is 0 Å². The summed E-state index contributed by atoms with van der Waals surface area (Å²) in [6, 6.07) is 8.17. The molecule has 0 aromatic heterocycles. The molecule has 2 aliphatic heterocycles. The maximum absolute atomic E-state index is 12.5. The van der Waals surface area contributed by atoms with Gasteiger partial charge in [0.1, 0.15) is 12.4 Å². The van der Waals surface area contributed by atoms with Crippen molar-refractivity contribution in [1.82, 2.24) is 9.80 Å². The number of rotatable bonds is 5. The van der Waals surface area contributed by atoms with Crippen molar-refractivity contribution < 1.29 is 9.53 Å². The standard InChI is InChI=1S/C20H29N3O2/c1-16(2)15-25-19-7-5-6-17(14-19)21-20(24)23-12-8-18(9-13-23)22-10-3-4-11-22/h5-7,14,18H,1,3-4,8-13,15H2,2H3,(H,21,24). The Morgan fingerprint density at radius 1 is 1.24 bits per heavy atom. The third-order valence-electron chi connectivity index (χ3n) is 4.98. The van der Waals surface area contributed by atoms with Crippen LogP contribution in [0.4, 0.5) is 10.5 Å². The van der Waals surface area contributed by atoms with Crippen LogP contribution in [0, 0.1) is 0 Å². The Morgan fingerprint density at radius 3 is 2.64 bits per heavy atom. The number of urea groups is 1. The van der Waals surface area contributed by atoms with Crippen molar-refractivity contribution in [3.05, 3.63) is 36.4 Å². The molecule has 1 aromatic rings. The van der Waals surface area contributed by atoms with Crippen molar-refractivity contribution in [2.24, 2.45) is 0 Å². The van der Waals surface area contributed by atoms with Crippen molar-refractivity contribution >= 4 is 11.7 Å². The lowest BCUT2D eigenvalue weighted by molar-refractivity contribution is 0.140. The Kier molecular flexibility index (Phi) is 5.97. The lowest BCUT2D eigenvalue weighted by atomic mass is 10.0. The molecule has 2 aliphatic rings. The number of amides is 2. The quantitative estimate of drug-likeness (QED) is 0.829. The van der Waals surface area contributed by atoms with Gasteiger partial charge in [0.2, 0.25) is 0 Å². The molecule has 2 saturated heterocycles. The molecule has 2 amide bonds. The molecule has 5 heteroatoms. The summed E-state index contributed by atoms with van der Waals surface area (Å²) in [5.74, 6) is 0.744. The smallest absolute Gasteiger partial charge is 0.321 e. The van der Waals surface area contributed by atoms with Gasteiger partial charge in [-0.05, 0) is 63.4 Å². The summed E-state index contributed by atoms with van der Waals surface area (Å²) >= 11 is 0. The fourth-order valence-electron chi connectivity index (χ4n) is 3.61. The molecule has 5 nitrogen and oxygen atoms in total. The van der Waals surface area contributed by atoms with Crippen LogP contribution in [0.5, 0.6) is 5.75 Å². The number of benzene rings is 1. The minimum atomic E-state index is -0.0167. The molecule has 0 unspecified atom stereocenters. The van der Waals surface area contributed by atoms with Gasteiger partial charge < -0.3 is 19.9 Å². The lowest BCUT2D eigenvalue weighted by Crippen LogP contribution is -2.47. The molecular weight excluding hydrogens is 314 g/mol. The van der Waals surface area contributed by atoms with Gasteiger partial charge >= 0.3 is 6.03 Å². The number of nitrogens with one attached hydrogen (secondary N) is 1. The maximum atomic E-state index is 12.5. The van der Waals surface area contributed by atoms with Crippen molar-refractivity contribution in [2.45, 2.75) is 38.6 Å². The van der Waals surface area contributed by atoms with E-state index < -0.39 is 0 Å². The number of hydrogen-bond acceptors (Lipinski definition) is 3. The van der Waals surface area contributed by atoms with Crippen molar-refractivity contribution in [1.29, 1.82) is 0 Å². The van der Waals surface area contributed by atoms with Gasteiger partial charge in [-0.25, -0.2) is 4.79 Å². The second-order valence-electron chi connectivity index (χ2n) is 7.17. The highest BCUT2D eigenvalue weighted by Crippen LogP contribution is 2.22. The third kappa shape index (κ3) is 4.98. The van der Waals surface area contributed by atoms with E-state index in [-0.39, 0.29) is 6.03 Å². The van der Waals surface area contributed by atoms with Crippen LogP contribution in [0.15, 0.2) is 36.4 Å². The van der Waals surface area contributed by atoms with E-state index in [1.165, 1.54) is 25.9 Å². The number of carbonyl (C=O) groups excluding carboxylic acids is 1. The number of hydrogen-bond donors (Lipinski definition) is 1. The molecule has 3 rings (SSSR count). The first-order chi connectivity index (χ1) is 12.1. The number of carbonyl (C=O) groups is 1. The number of piperidine rings is 1. The van der Waals surface area contributed by atoms with Gasteiger partial charge in [-0.3, -0.25) is 0 Å². The molecule has 0 atom stereocenters. The molecule has 1 N–H and O–H groups in total. The molecule has 136 valence electrons. The second-order valence-corrected chi connectivity index (χ2v) is 7.17. The first-order valence-corrected chi connectivity index (χ1v) is 9.29. The summed E-state index contributed by atoms with van der Waals surface area (Å²) in [6.45, 7) is 10.4. The maximum Gasteiger partial charge on any atom is 0.321 e. The molecule has 2 heterocycles. The molecule has 0 aliphatic carbocycles. The average molecular weight is 343 g/mol. The first kappa shape index (κ1) is 17.8. The molecule has 0 radical (unpaired) electrons. The van der Waals surface area contributed by atoms with E-state index in [1.807, 2.05) is 36.1 Å². The van der Waals surface area contributed by atoms with Gasteiger partial charge in [0.15, 0.2) is 0 Å². The van der Waals surface area contributed by atoms with Crippen LogP contribution in [-0.4, -0.2) is 54.7 Å². The monoisotopic (exact) mass is 343 g/mol. The molecule has 25 heavy (non-hydrogen) atoms. The van der Waals surface area contributed by atoms with Crippen LogP contribution in [0.3, 0.4) is 0 Å². The number of nitrogens with zero attached hydrogens (tertiary/aromatic N) is 2. The summed E-state index contributed by atoms with van der Waals surface area (Å²) in [7, 11) is 0. The van der Waals surface area contributed by atoms with Crippen LogP contribution >= 0.6 is 0 Å². The minimum absolute atomic E-state index is 0.0167. The molecule has 0 bridgehead atoms. The van der Waals surface area contributed by atoms with E-state index in [4.69, 9.17) is 4.74 Å². The van der Waals surface area contributed by atoms with E-state index in [9.17, 15) is 4.79 Å². The van der Waals surface area contributed by atoms with E-state index in [1.54, 1.807) is 0 Å². The van der Waals surface area contributed by atoms with Gasteiger partial charge in [0.05, 0.1) is 0 Å². The molecule has 0 spiro atoms. The molecule has 0 saturated carbocycles. The Balaban J connectivity index is 1.49. The highest BCUT2D eigenvalue weighted by atomic mass is 16.5. The summed E-state index contributed by atoms with van der Waals surface area (Å²) in [5, 5.41) is 3.00. The Labute approximate surface area is 150 Å². The summed E-state index contributed by atoms with van der Waals surface area (Å²) in [5.41, 5.74) is 1.74. The number of likely N-dealkylation sites (tertiary alicyclic amines) is 2. The minimum Gasteiger partial charge on any atom is -0.489 e. The highest BCUT2D eigenvalue weighted by Gasteiger charge is 2.28. The highest BCUT2D eigenvalue weighted by molar-refractivity contribution is 5.89. The molecule has 2 fully saturated rings. The third-order valence-corrected chi connectivity index (χ3v) is 4.98. The fourth-order valence-corrected chi connectivity index (χ4v) is 3.61. The zero-order valence-electron chi connectivity index (χ0n) is 15.2. The van der Waals surface area contributed by atoms with Gasteiger partial charge in [0.25, 0.3) is 0 Å². The fraction of sp³-hybridized carbons (Fsp3) is 0.550. The van der Waals surface area contributed by atoms with E-state index in [0.717, 1.165) is 42.9 Å². The van der Waals surface area contributed by atoms with Crippen molar-refractivity contribution in [3.8, 4) is 5.75 Å². The van der Waals surface area contributed by atoms with Crippen LogP contribution in [0.25, 0.3) is 0 Å². The summed E-state index contributed by atoms with van der Waals surface area (Å²) in [4.78, 5) is 17.0. The van der Waals surface area contributed by atoms with E-state index >= 15 is 0 Å². The van der Waals surface area contributed by atoms with Crippen molar-refractivity contribution in [3.63, 3.8) is 0 Å².